The first-order valence-electron chi connectivity index (χ1n) is 4.62. The first-order chi connectivity index (χ1) is 6.72. The Hall–Kier alpha value is -1.57. The summed E-state index contributed by atoms with van der Waals surface area (Å²) in [5.74, 6) is 0.887. The van der Waals surface area contributed by atoms with Gasteiger partial charge in [0.25, 0.3) is 0 Å². The van der Waals surface area contributed by atoms with E-state index in [4.69, 9.17) is 4.74 Å². The zero-order chi connectivity index (χ0) is 10.1. The van der Waals surface area contributed by atoms with Gasteiger partial charge >= 0.3 is 0 Å². The standard InChI is InChI=1S/C12H13NO/c1-8-6-10-11(7-9(8)2)13-5-4-12(10)14-3/h4-7H,1-3H3. The molecule has 0 aliphatic heterocycles. The molecule has 0 aliphatic rings. The Bertz CT molecular complexity index is 477. The monoisotopic (exact) mass is 187 g/mol. The second-order valence-corrected chi connectivity index (χ2v) is 3.47. The first-order valence-corrected chi connectivity index (χ1v) is 4.62. The molecule has 1 aromatic carbocycles. The van der Waals surface area contributed by atoms with Crippen molar-refractivity contribution >= 4 is 10.9 Å². The molecule has 0 unspecified atom stereocenters. The molecule has 0 N–H and O–H groups in total. The Labute approximate surface area is 83.5 Å². The summed E-state index contributed by atoms with van der Waals surface area (Å²) in [5.41, 5.74) is 3.52. The second-order valence-electron chi connectivity index (χ2n) is 3.47. The lowest BCUT2D eigenvalue weighted by Crippen LogP contribution is -1.89. The van der Waals surface area contributed by atoms with E-state index < -0.39 is 0 Å². The van der Waals surface area contributed by atoms with Gasteiger partial charge in [-0.25, -0.2) is 0 Å². The van der Waals surface area contributed by atoms with Gasteiger partial charge in [0.05, 0.1) is 12.6 Å². The molecule has 1 aromatic heterocycles. The number of ether oxygens (including phenoxy) is 1. The van der Waals surface area contributed by atoms with Crippen molar-refractivity contribution in [1.82, 2.24) is 4.98 Å². The highest BCUT2D eigenvalue weighted by Gasteiger charge is 2.03. The number of hydrogen-bond donors (Lipinski definition) is 0. The highest BCUT2D eigenvalue weighted by molar-refractivity contribution is 5.86. The molecular weight excluding hydrogens is 174 g/mol. The maximum atomic E-state index is 5.28. The summed E-state index contributed by atoms with van der Waals surface area (Å²) >= 11 is 0. The summed E-state index contributed by atoms with van der Waals surface area (Å²) < 4.78 is 5.28. The first kappa shape index (κ1) is 9.00. The second kappa shape index (κ2) is 3.29. The van der Waals surface area contributed by atoms with E-state index in [-0.39, 0.29) is 0 Å². The van der Waals surface area contributed by atoms with E-state index in [0.29, 0.717) is 0 Å². The van der Waals surface area contributed by atoms with Gasteiger partial charge in [0, 0.05) is 11.6 Å². The fourth-order valence-electron chi connectivity index (χ4n) is 1.56. The number of hydrogen-bond acceptors (Lipinski definition) is 2. The summed E-state index contributed by atoms with van der Waals surface area (Å²) in [6.45, 7) is 4.19. The number of nitrogens with zero attached hydrogens (tertiary/aromatic N) is 1. The summed E-state index contributed by atoms with van der Waals surface area (Å²) in [6, 6.07) is 6.10. The quantitative estimate of drug-likeness (QED) is 0.684. The van der Waals surface area contributed by atoms with Crippen molar-refractivity contribution in [3.63, 3.8) is 0 Å². The fraction of sp³-hybridized carbons (Fsp3) is 0.250. The van der Waals surface area contributed by atoms with Crippen LogP contribution in [0.4, 0.5) is 0 Å². The minimum atomic E-state index is 0.887. The number of aryl methyl sites for hydroxylation is 2. The predicted molar refractivity (Wildman–Crippen MR) is 57.8 cm³/mol. The molecule has 14 heavy (non-hydrogen) atoms. The van der Waals surface area contributed by atoms with Crippen molar-refractivity contribution < 1.29 is 4.74 Å². The Morgan fingerprint density at radius 2 is 1.86 bits per heavy atom. The van der Waals surface area contributed by atoms with E-state index in [1.807, 2.05) is 6.07 Å². The van der Waals surface area contributed by atoms with Crippen LogP contribution in [-0.4, -0.2) is 12.1 Å². The summed E-state index contributed by atoms with van der Waals surface area (Å²) in [6.07, 6.45) is 1.77. The number of fused-ring (bicyclic) bond motifs is 1. The number of benzene rings is 1. The molecule has 1 heterocycles. The molecule has 0 bridgehead atoms. The maximum absolute atomic E-state index is 5.28. The molecule has 0 amide bonds. The van der Waals surface area contributed by atoms with Crippen LogP contribution in [0, 0.1) is 13.8 Å². The molecule has 2 rings (SSSR count). The predicted octanol–water partition coefficient (Wildman–Crippen LogP) is 2.86. The van der Waals surface area contributed by atoms with Crippen LogP contribution in [0.15, 0.2) is 24.4 Å². The average Bonchev–Trinajstić information content (AvgIpc) is 2.19. The van der Waals surface area contributed by atoms with Crippen molar-refractivity contribution in [2.75, 3.05) is 7.11 Å². The van der Waals surface area contributed by atoms with Gasteiger partial charge in [-0.2, -0.15) is 0 Å². The SMILES string of the molecule is COc1ccnc2cc(C)c(C)cc12. The summed E-state index contributed by atoms with van der Waals surface area (Å²) in [4.78, 5) is 4.31. The third-order valence-electron chi connectivity index (χ3n) is 2.54. The Morgan fingerprint density at radius 3 is 2.57 bits per heavy atom. The smallest absolute Gasteiger partial charge is 0.129 e. The van der Waals surface area contributed by atoms with Gasteiger partial charge in [-0.15, -0.1) is 0 Å². The zero-order valence-electron chi connectivity index (χ0n) is 8.66. The molecule has 0 atom stereocenters. The molecule has 2 aromatic rings. The molecule has 0 aliphatic carbocycles. The molecule has 2 nitrogen and oxygen atoms in total. The molecule has 0 spiro atoms. The van der Waals surface area contributed by atoms with Crippen LogP contribution < -0.4 is 4.74 Å². The van der Waals surface area contributed by atoms with E-state index in [2.05, 4.69) is 31.0 Å². The van der Waals surface area contributed by atoms with Gasteiger partial charge in [0.1, 0.15) is 5.75 Å². The maximum Gasteiger partial charge on any atom is 0.129 e. The molecule has 72 valence electrons. The summed E-state index contributed by atoms with van der Waals surface area (Å²) in [7, 11) is 1.68. The van der Waals surface area contributed by atoms with Crippen molar-refractivity contribution in [2.45, 2.75) is 13.8 Å². The van der Waals surface area contributed by atoms with Gasteiger partial charge < -0.3 is 4.74 Å². The third-order valence-corrected chi connectivity index (χ3v) is 2.54. The van der Waals surface area contributed by atoms with E-state index >= 15 is 0 Å². The molecule has 2 heteroatoms. The van der Waals surface area contributed by atoms with E-state index in [0.717, 1.165) is 16.7 Å². The van der Waals surface area contributed by atoms with E-state index in [1.165, 1.54) is 11.1 Å². The Balaban J connectivity index is 2.81. The third kappa shape index (κ3) is 1.33. The minimum Gasteiger partial charge on any atom is -0.496 e. The molecule has 0 radical (unpaired) electrons. The molecule has 0 saturated heterocycles. The van der Waals surface area contributed by atoms with E-state index in [9.17, 15) is 0 Å². The molecule has 0 saturated carbocycles. The zero-order valence-corrected chi connectivity index (χ0v) is 8.66. The van der Waals surface area contributed by atoms with Crippen LogP contribution in [0.2, 0.25) is 0 Å². The lowest BCUT2D eigenvalue weighted by atomic mass is 10.1. The Kier molecular flexibility index (Phi) is 2.12. The van der Waals surface area contributed by atoms with Crippen LogP contribution in [0.5, 0.6) is 5.75 Å². The van der Waals surface area contributed by atoms with Crippen LogP contribution in [0.3, 0.4) is 0 Å². The van der Waals surface area contributed by atoms with E-state index in [1.54, 1.807) is 13.3 Å². The molecule has 0 fully saturated rings. The summed E-state index contributed by atoms with van der Waals surface area (Å²) in [5, 5.41) is 1.08. The van der Waals surface area contributed by atoms with Crippen LogP contribution in [-0.2, 0) is 0 Å². The van der Waals surface area contributed by atoms with Gasteiger partial charge in [0.2, 0.25) is 0 Å². The number of pyridine rings is 1. The van der Waals surface area contributed by atoms with Gasteiger partial charge in [-0.05, 0) is 43.2 Å². The lowest BCUT2D eigenvalue weighted by molar-refractivity contribution is 0.419. The fourth-order valence-corrected chi connectivity index (χ4v) is 1.56. The average molecular weight is 187 g/mol. The van der Waals surface area contributed by atoms with Crippen molar-refractivity contribution in [1.29, 1.82) is 0 Å². The van der Waals surface area contributed by atoms with Gasteiger partial charge in [-0.1, -0.05) is 0 Å². The largest absolute Gasteiger partial charge is 0.496 e. The van der Waals surface area contributed by atoms with Crippen molar-refractivity contribution in [3.05, 3.63) is 35.5 Å². The topological polar surface area (TPSA) is 22.1 Å². The minimum absolute atomic E-state index is 0.887. The number of aromatic nitrogens is 1. The van der Waals surface area contributed by atoms with Crippen LogP contribution in [0.25, 0.3) is 10.9 Å². The van der Waals surface area contributed by atoms with Crippen molar-refractivity contribution in [3.8, 4) is 5.75 Å². The Morgan fingerprint density at radius 1 is 1.14 bits per heavy atom. The highest BCUT2D eigenvalue weighted by atomic mass is 16.5. The number of rotatable bonds is 1. The lowest BCUT2D eigenvalue weighted by Gasteiger charge is -2.07. The van der Waals surface area contributed by atoms with Gasteiger partial charge in [-0.3, -0.25) is 4.98 Å². The van der Waals surface area contributed by atoms with Crippen LogP contribution in [0.1, 0.15) is 11.1 Å². The van der Waals surface area contributed by atoms with Crippen LogP contribution >= 0.6 is 0 Å². The number of methoxy groups -OCH3 is 1. The highest BCUT2D eigenvalue weighted by Crippen LogP contribution is 2.25. The molecular formula is C12H13NO. The van der Waals surface area contributed by atoms with Crippen molar-refractivity contribution in [2.24, 2.45) is 0 Å². The van der Waals surface area contributed by atoms with Gasteiger partial charge in [0.15, 0.2) is 0 Å². The normalized spacial score (nSPS) is 10.5.